The van der Waals surface area contributed by atoms with Gasteiger partial charge in [0.15, 0.2) is 5.84 Å². The number of rotatable bonds is 3. The Kier molecular flexibility index (Phi) is 2.54. The van der Waals surface area contributed by atoms with Gasteiger partial charge in [-0.05, 0) is 24.7 Å². The zero-order chi connectivity index (χ0) is 11.0. The predicted octanol–water partition coefficient (Wildman–Crippen LogP) is 0.237. The minimum atomic E-state index is 0.0802. The standard InChI is InChI=1S/C10H17N3O2/c1-13(5-8(11)12-15)10(14)9-6-3-2-4-7(6)9/h6-7,9,15H,2-5H2,1H3,(H2,11,12). The average molecular weight is 211 g/mol. The lowest BCUT2D eigenvalue weighted by Gasteiger charge is -2.17. The highest BCUT2D eigenvalue weighted by Gasteiger charge is 2.57. The highest BCUT2D eigenvalue weighted by Crippen LogP contribution is 2.57. The number of carbonyl (C=O) groups is 1. The van der Waals surface area contributed by atoms with E-state index >= 15 is 0 Å². The van der Waals surface area contributed by atoms with Gasteiger partial charge in [0, 0.05) is 13.0 Å². The molecule has 0 heterocycles. The fraction of sp³-hybridized carbons (Fsp3) is 0.800. The normalized spacial score (nSPS) is 33.7. The Morgan fingerprint density at radius 2 is 2.13 bits per heavy atom. The van der Waals surface area contributed by atoms with Crippen LogP contribution < -0.4 is 5.73 Å². The van der Waals surface area contributed by atoms with Crippen molar-refractivity contribution in [3.63, 3.8) is 0 Å². The van der Waals surface area contributed by atoms with Crippen molar-refractivity contribution in [1.29, 1.82) is 0 Å². The minimum Gasteiger partial charge on any atom is -0.409 e. The molecule has 2 aliphatic carbocycles. The van der Waals surface area contributed by atoms with E-state index in [1.165, 1.54) is 19.3 Å². The van der Waals surface area contributed by atoms with Gasteiger partial charge in [-0.1, -0.05) is 11.6 Å². The average Bonchev–Trinajstić information content (AvgIpc) is 2.69. The van der Waals surface area contributed by atoms with Gasteiger partial charge < -0.3 is 15.8 Å². The molecule has 2 aliphatic rings. The topological polar surface area (TPSA) is 78.9 Å². The fourth-order valence-electron chi connectivity index (χ4n) is 2.79. The molecule has 2 rings (SSSR count). The predicted molar refractivity (Wildman–Crippen MR) is 55.4 cm³/mol. The number of fused-ring (bicyclic) bond motifs is 1. The van der Waals surface area contributed by atoms with Crippen LogP contribution in [0, 0.1) is 17.8 Å². The van der Waals surface area contributed by atoms with Crippen LogP contribution in [-0.4, -0.2) is 35.4 Å². The minimum absolute atomic E-state index is 0.0802. The molecule has 0 aromatic carbocycles. The lowest BCUT2D eigenvalue weighted by Crippen LogP contribution is -2.37. The number of hydrogen-bond donors (Lipinski definition) is 2. The number of amidine groups is 1. The number of nitrogens with zero attached hydrogens (tertiary/aromatic N) is 2. The third-order valence-electron chi connectivity index (χ3n) is 3.60. The van der Waals surface area contributed by atoms with Crippen LogP contribution in [0.2, 0.25) is 0 Å². The van der Waals surface area contributed by atoms with Gasteiger partial charge in [-0.3, -0.25) is 4.79 Å². The number of amides is 1. The maximum atomic E-state index is 11.9. The SMILES string of the molecule is CN(CC(N)=NO)C(=O)C1C2CCCC21. The van der Waals surface area contributed by atoms with E-state index in [4.69, 9.17) is 10.9 Å². The molecule has 0 bridgehead atoms. The van der Waals surface area contributed by atoms with E-state index in [1.54, 1.807) is 11.9 Å². The van der Waals surface area contributed by atoms with Crippen molar-refractivity contribution in [3.05, 3.63) is 0 Å². The molecule has 15 heavy (non-hydrogen) atoms. The summed E-state index contributed by atoms with van der Waals surface area (Å²) in [5.41, 5.74) is 5.35. The summed E-state index contributed by atoms with van der Waals surface area (Å²) in [4.78, 5) is 13.5. The first-order valence-corrected chi connectivity index (χ1v) is 5.36. The molecule has 0 saturated heterocycles. The Bertz CT molecular complexity index is 293. The molecule has 2 saturated carbocycles. The maximum Gasteiger partial charge on any atom is 0.226 e. The van der Waals surface area contributed by atoms with Crippen LogP contribution in [0.3, 0.4) is 0 Å². The molecule has 0 aliphatic heterocycles. The summed E-state index contributed by atoms with van der Waals surface area (Å²) in [6, 6.07) is 0. The van der Waals surface area contributed by atoms with Gasteiger partial charge in [0.25, 0.3) is 0 Å². The summed E-state index contributed by atoms with van der Waals surface area (Å²) >= 11 is 0. The zero-order valence-corrected chi connectivity index (χ0v) is 8.89. The largest absolute Gasteiger partial charge is 0.409 e. The van der Waals surface area contributed by atoms with E-state index in [0.717, 1.165) is 0 Å². The molecule has 2 atom stereocenters. The molecular weight excluding hydrogens is 194 g/mol. The lowest BCUT2D eigenvalue weighted by atomic mass is 10.1. The van der Waals surface area contributed by atoms with Crippen molar-refractivity contribution in [2.24, 2.45) is 28.6 Å². The Morgan fingerprint density at radius 1 is 1.53 bits per heavy atom. The molecule has 0 radical (unpaired) electrons. The monoisotopic (exact) mass is 211 g/mol. The number of carbonyl (C=O) groups excluding carboxylic acids is 1. The van der Waals surface area contributed by atoms with Crippen LogP contribution in [0.15, 0.2) is 5.16 Å². The van der Waals surface area contributed by atoms with Gasteiger partial charge >= 0.3 is 0 Å². The summed E-state index contributed by atoms with van der Waals surface area (Å²) in [6.07, 6.45) is 3.65. The van der Waals surface area contributed by atoms with Crippen LogP contribution in [0.4, 0.5) is 0 Å². The van der Waals surface area contributed by atoms with E-state index in [9.17, 15) is 4.79 Å². The lowest BCUT2D eigenvalue weighted by molar-refractivity contribution is -0.131. The van der Waals surface area contributed by atoms with Crippen LogP contribution >= 0.6 is 0 Å². The number of likely N-dealkylation sites (N-methyl/N-ethyl adjacent to an activating group) is 1. The van der Waals surface area contributed by atoms with Crippen molar-refractivity contribution < 1.29 is 10.0 Å². The first kappa shape index (κ1) is 10.3. The summed E-state index contributed by atoms with van der Waals surface area (Å²) in [5.74, 6) is 1.68. The van der Waals surface area contributed by atoms with Gasteiger partial charge in [-0.15, -0.1) is 0 Å². The Morgan fingerprint density at radius 3 is 2.67 bits per heavy atom. The van der Waals surface area contributed by atoms with E-state index in [1.807, 2.05) is 0 Å². The molecule has 0 aromatic heterocycles. The van der Waals surface area contributed by atoms with Crippen molar-refractivity contribution >= 4 is 11.7 Å². The van der Waals surface area contributed by atoms with Gasteiger partial charge in [-0.2, -0.15) is 0 Å². The highest BCUT2D eigenvalue weighted by molar-refractivity contribution is 5.89. The van der Waals surface area contributed by atoms with Gasteiger partial charge in [-0.25, -0.2) is 0 Å². The Labute approximate surface area is 88.9 Å². The van der Waals surface area contributed by atoms with E-state index in [2.05, 4.69) is 5.16 Å². The van der Waals surface area contributed by atoms with Crippen LogP contribution in [-0.2, 0) is 4.79 Å². The molecule has 2 fully saturated rings. The summed E-state index contributed by atoms with van der Waals surface area (Å²) in [5, 5.41) is 11.3. The Hall–Kier alpha value is -1.26. The fourth-order valence-corrected chi connectivity index (χ4v) is 2.79. The maximum absolute atomic E-state index is 11.9. The Balaban J connectivity index is 1.86. The molecule has 5 nitrogen and oxygen atoms in total. The molecule has 5 heteroatoms. The van der Waals surface area contributed by atoms with Gasteiger partial charge in [0.2, 0.25) is 5.91 Å². The molecule has 1 amide bonds. The molecule has 0 aromatic rings. The third-order valence-corrected chi connectivity index (χ3v) is 3.60. The number of hydrogen-bond acceptors (Lipinski definition) is 3. The van der Waals surface area contributed by atoms with Crippen molar-refractivity contribution in [3.8, 4) is 0 Å². The van der Waals surface area contributed by atoms with Crippen LogP contribution in [0.25, 0.3) is 0 Å². The summed E-state index contributed by atoms with van der Waals surface area (Å²) in [7, 11) is 1.70. The van der Waals surface area contributed by atoms with Crippen LogP contribution in [0.1, 0.15) is 19.3 Å². The smallest absolute Gasteiger partial charge is 0.226 e. The summed E-state index contributed by atoms with van der Waals surface area (Å²) in [6.45, 7) is 0.214. The molecule has 2 unspecified atom stereocenters. The molecular formula is C10H17N3O2. The molecule has 0 spiro atoms. The van der Waals surface area contributed by atoms with E-state index in [0.29, 0.717) is 11.8 Å². The third kappa shape index (κ3) is 1.78. The van der Waals surface area contributed by atoms with Gasteiger partial charge in [0.05, 0.1) is 6.54 Å². The second kappa shape index (κ2) is 3.72. The second-order valence-corrected chi connectivity index (χ2v) is 4.57. The first-order valence-electron chi connectivity index (χ1n) is 5.36. The van der Waals surface area contributed by atoms with E-state index < -0.39 is 0 Å². The second-order valence-electron chi connectivity index (χ2n) is 4.57. The van der Waals surface area contributed by atoms with Crippen molar-refractivity contribution in [2.45, 2.75) is 19.3 Å². The molecule has 3 N–H and O–H groups in total. The first-order chi connectivity index (χ1) is 7.15. The van der Waals surface area contributed by atoms with Crippen molar-refractivity contribution in [2.75, 3.05) is 13.6 Å². The zero-order valence-electron chi connectivity index (χ0n) is 8.89. The quantitative estimate of drug-likeness (QED) is 0.304. The number of oxime groups is 1. The summed E-state index contributed by atoms with van der Waals surface area (Å²) < 4.78 is 0. The molecule has 84 valence electrons. The highest BCUT2D eigenvalue weighted by atomic mass is 16.4. The van der Waals surface area contributed by atoms with Gasteiger partial charge in [0.1, 0.15) is 0 Å². The number of nitrogens with two attached hydrogens (primary N) is 1. The van der Waals surface area contributed by atoms with E-state index in [-0.39, 0.29) is 24.2 Å². The van der Waals surface area contributed by atoms with Crippen LogP contribution in [0.5, 0.6) is 0 Å². The van der Waals surface area contributed by atoms with Crippen molar-refractivity contribution in [1.82, 2.24) is 4.90 Å².